The number of ether oxygens (including phenoxy) is 1. The minimum Gasteiger partial charge on any atom is -0.465 e. The van der Waals surface area contributed by atoms with Crippen LogP contribution in [0.5, 0.6) is 0 Å². The maximum Gasteiger partial charge on any atom is 0.312 e. The van der Waals surface area contributed by atoms with E-state index in [1.807, 2.05) is 41.3 Å². The van der Waals surface area contributed by atoms with Crippen LogP contribution in [0.1, 0.15) is 66.4 Å². The maximum atomic E-state index is 13.2. The maximum absolute atomic E-state index is 13.2. The number of Topliss-reactive ketones (excluding diaryl/α,β-unsaturated/α-hetero) is 1. The molecule has 4 saturated carbocycles. The Balaban J connectivity index is 1.17. The van der Waals surface area contributed by atoms with Crippen molar-refractivity contribution in [2.45, 2.75) is 65.3 Å². The number of rotatable bonds is 7. The Morgan fingerprint density at radius 3 is 2.50 bits per heavy atom. The van der Waals surface area contributed by atoms with Gasteiger partial charge in [-0.25, -0.2) is 0 Å². The number of benzene rings is 1. The third kappa shape index (κ3) is 4.21. The molecule has 0 N–H and O–H groups in total. The Kier molecular flexibility index (Phi) is 5.81. The lowest BCUT2D eigenvalue weighted by molar-refractivity contribution is -0.684. The first-order valence-electron chi connectivity index (χ1n) is 11.7. The van der Waals surface area contributed by atoms with Gasteiger partial charge in [-0.1, -0.05) is 46.3 Å². The molecule has 0 amide bonds. The van der Waals surface area contributed by atoms with E-state index < -0.39 is 0 Å². The van der Waals surface area contributed by atoms with E-state index in [2.05, 4.69) is 22.9 Å². The molecule has 2 aromatic rings. The fourth-order valence-electron chi connectivity index (χ4n) is 7.08. The lowest BCUT2D eigenvalue weighted by atomic mass is 9.44. The second kappa shape index (κ2) is 8.35. The second-order valence-corrected chi connectivity index (χ2v) is 12.6. The third-order valence-electron chi connectivity index (χ3n) is 7.99. The standard InChI is InChI=1S/C26H31BrNO3S/c1-17-23(32-16-28(17)14-22(29)20-3-5-21(27)6-4-20)7-8-31-24(30)26-12-18-9-19(13-26)11-25(2,10-18)15-26/h3-6,16,18-19H,7-15H2,1-2H3/q+1. The summed E-state index contributed by atoms with van der Waals surface area (Å²) in [5.74, 6) is 1.58. The zero-order valence-corrected chi connectivity index (χ0v) is 21.3. The lowest BCUT2D eigenvalue weighted by Crippen LogP contribution is -2.54. The van der Waals surface area contributed by atoms with Crippen LogP contribution in [0.2, 0.25) is 0 Å². The van der Waals surface area contributed by atoms with Crippen molar-refractivity contribution in [1.82, 2.24) is 0 Å². The first kappa shape index (κ1) is 22.3. The van der Waals surface area contributed by atoms with Gasteiger partial charge < -0.3 is 4.74 Å². The molecule has 0 saturated heterocycles. The van der Waals surface area contributed by atoms with E-state index in [9.17, 15) is 9.59 Å². The molecule has 4 bridgehead atoms. The van der Waals surface area contributed by atoms with Crippen molar-refractivity contribution >= 4 is 39.0 Å². The molecular weight excluding hydrogens is 486 g/mol. The second-order valence-electron chi connectivity index (χ2n) is 10.7. The molecule has 6 rings (SSSR count). The molecule has 0 aliphatic heterocycles. The predicted octanol–water partition coefficient (Wildman–Crippen LogP) is 5.68. The number of aromatic nitrogens is 1. The third-order valence-corrected chi connectivity index (χ3v) is 9.66. The molecule has 170 valence electrons. The van der Waals surface area contributed by atoms with Gasteiger partial charge in [0.1, 0.15) is 0 Å². The van der Waals surface area contributed by atoms with Gasteiger partial charge in [-0.05, 0) is 67.9 Å². The molecule has 4 aliphatic carbocycles. The van der Waals surface area contributed by atoms with Crippen LogP contribution in [0.15, 0.2) is 34.2 Å². The molecule has 32 heavy (non-hydrogen) atoms. The molecule has 1 aromatic carbocycles. The summed E-state index contributed by atoms with van der Waals surface area (Å²) in [6.45, 7) is 5.18. The molecule has 2 unspecified atom stereocenters. The predicted molar refractivity (Wildman–Crippen MR) is 128 cm³/mol. The average Bonchev–Trinajstić information content (AvgIpc) is 3.06. The van der Waals surface area contributed by atoms with Crippen molar-refractivity contribution in [3.05, 3.63) is 50.4 Å². The first-order chi connectivity index (χ1) is 15.3. The summed E-state index contributed by atoms with van der Waals surface area (Å²) in [6, 6.07) is 7.48. The van der Waals surface area contributed by atoms with E-state index in [1.54, 1.807) is 11.3 Å². The highest BCUT2D eigenvalue weighted by Crippen LogP contribution is 2.65. The molecule has 1 heterocycles. The molecule has 2 atom stereocenters. The number of halogens is 1. The number of esters is 1. The van der Waals surface area contributed by atoms with Crippen LogP contribution in [0.25, 0.3) is 0 Å². The highest BCUT2D eigenvalue weighted by Gasteiger charge is 2.59. The highest BCUT2D eigenvalue weighted by molar-refractivity contribution is 9.10. The van der Waals surface area contributed by atoms with Crippen LogP contribution in [-0.4, -0.2) is 18.4 Å². The first-order valence-corrected chi connectivity index (χ1v) is 13.3. The summed E-state index contributed by atoms with van der Waals surface area (Å²) in [5, 5.41) is 0. The number of nitrogens with zero attached hydrogens (tertiary/aromatic N) is 1. The van der Waals surface area contributed by atoms with Crippen LogP contribution < -0.4 is 4.57 Å². The average molecular weight is 518 g/mol. The van der Waals surface area contributed by atoms with E-state index in [4.69, 9.17) is 4.74 Å². The van der Waals surface area contributed by atoms with Crippen LogP contribution in [0.4, 0.5) is 0 Å². The van der Waals surface area contributed by atoms with Crippen molar-refractivity contribution in [3.63, 3.8) is 0 Å². The number of hydrogen-bond donors (Lipinski definition) is 0. The number of ketones is 1. The Hall–Kier alpha value is -1.53. The molecule has 4 aliphatic rings. The van der Waals surface area contributed by atoms with Crippen molar-refractivity contribution < 1.29 is 18.9 Å². The Morgan fingerprint density at radius 2 is 1.84 bits per heavy atom. The summed E-state index contributed by atoms with van der Waals surface area (Å²) in [5.41, 5.74) is 3.93. The quantitative estimate of drug-likeness (QED) is 0.270. The van der Waals surface area contributed by atoms with E-state index in [1.165, 1.54) is 24.1 Å². The molecular formula is C26H31BrNO3S+. The van der Waals surface area contributed by atoms with Crippen molar-refractivity contribution in [3.8, 4) is 0 Å². The van der Waals surface area contributed by atoms with Gasteiger partial charge in [0.2, 0.25) is 17.8 Å². The van der Waals surface area contributed by atoms with Crippen LogP contribution >= 0.6 is 27.3 Å². The Bertz CT molecular complexity index is 1030. The molecule has 4 nitrogen and oxygen atoms in total. The van der Waals surface area contributed by atoms with Crippen molar-refractivity contribution in [2.75, 3.05) is 6.61 Å². The van der Waals surface area contributed by atoms with Gasteiger partial charge >= 0.3 is 5.97 Å². The topological polar surface area (TPSA) is 47.2 Å². The van der Waals surface area contributed by atoms with Crippen LogP contribution in [0, 0.1) is 29.6 Å². The Labute approximate surface area is 202 Å². The highest BCUT2D eigenvalue weighted by atomic mass is 79.9. The summed E-state index contributed by atoms with van der Waals surface area (Å²) < 4.78 is 8.86. The van der Waals surface area contributed by atoms with E-state index in [0.29, 0.717) is 30.6 Å². The normalized spacial score (nSPS) is 30.5. The number of carbonyl (C=O) groups is 2. The lowest BCUT2D eigenvalue weighted by Gasteiger charge is -2.59. The zero-order chi connectivity index (χ0) is 22.5. The van der Waals surface area contributed by atoms with Crippen LogP contribution in [0.3, 0.4) is 0 Å². The molecule has 0 spiro atoms. The van der Waals surface area contributed by atoms with E-state index >= 15 is 0 Å². The fourth-order valence-corrected chi connectivity index (χ4v) is 8.32. The molecule has 4 fully saturated rings. The number of carbonyl (C=O) groups excluding carboxylic acids is 2. The summed E-state index contributed by atoms with van der Waals surface area (Å²) in [4.78, 5) is 27.0. The molecule has 1 aromatic heterocycles. The van der Waals surface area contributed by atoms with Gasteiger partial charge in [0.15, 0.2) is 5.69 Å². The number of hydrogen-bond acceptors (Lipinski definition) is 4. The summed E-state index contributed by atoms with van der Waals surface area (Å²) in [6.07, 6.45) is 7.71. The number of thiazole rings is 1. The van der Waals surface area contributed by atoms with Gasteiger partial charge in [-0.2, -0.15) is 4.57 Å². The largest absolute Gasteiger partial charge is 0.465 e. The zero-order valence-electron chi connectivity index (χ0n) is 18.9. The molecule has 0 radical (unpaired) electrons. The monoisotopic (exact) mass is 516 g/mol. The minimum absolute atomic E-state index is 0.0466. The van der Waals surface area contributed by atoms with Gasteiger partial charge in [0, 0.05) is 23.4 Å². The SMILES string of the molecule is Cc1c(CCOC(=O)C23CC4CC(CC(C)(C4)C2)C3)sc[n+]1CC(=O)c1ccc(Br)cc1. The summed E-state index contributed by atoms with van der Waals surface area (Å²) >= 11 is 5.04. The van der Waals surface area contributed by atoms with Gasteiger partial charge in [-0.15, -0.1) is 0 Å². The smallest absolute Gasteiger partial charge is 0.312 e. The van der Waals surface area contributed by atoms with E-state index in [-0.39, 0.29) is 17.2 Å². The van der Waals surface area contributed by atoms with Gasteiger partial charge in [-0.3, -0.25) is 9.59 Å². The summed E-state index contributed by atoms with van der Waals surface area (Å²) in [7, 11) is 0. The Morgan fingerprint density at radius 1 is 1.16 bits per heavy atom. The fraction of sp³-hybridized carbons (Fsp3) is 0.577. The minimum atomic E-state index is -0.222. The van der Waals surface area contributed by atoms with Crippen molar-refractivity contribution in [2.24, 2.45) is 22.7 Å². The molecule has 6 heteroatoms. The van der Waals surface area contributed by atoms with Gasteiger partial charge in [0.05, 0.1) is 16.9 Å². The van der Waals surface area contributed by atoms with Crippen molar-refractivity contribution in [1.29, 1.82) is 0 Å². The van der Waals surface area contributed by atoms with Crippen LogP contribution in [-0.2, 0) is 22.5 Å². The van der Waals surface area contributed by atoms with E-state index in [0.717, 1.165) is 41.3 Å². The van der Waals surface area contributed by atoms with Gasteiger partial charge in [0.25, 0.3) is 0 Å².